The van der Waals surface area contributed by atoms with E-state index in [2.05, 4.69) is 4.90 Å². The van der Waals surface area contributed by atoms with Gasteiger partial charge in [-0.05, 0) is 29.8 Å². The highest BCUT2D eigenvalue weighted by atomic mass is 19.1. The molecule has 0 radical (unpaired) electrons. The average molecular weight is 330 g/mol. The summed E-state index contributed by atoms with van der Waals surface area (Å²) in [5.74, 6) is -1.07. The van der Waals surface area contributed by atoms with Crippen molar-refractivity contribution in [2.45, 2.75) is 6.54 Å². The van der Waals surface area contributed by atoms with Gasteiger partial charge in [0, 0.05) is 32.7 Å². The lowest BCUT2D eigenvalue weighted by molar-refractivity contribution is 0.0622. The molecule has 0 atom stereocenters. The number of hydrogen-bond donors (Lipinski definition) is 2. The number of amides is 1. The van der Waals surface area contributed by atoms with E-state index in [0.717, 1.165) is 5.56 Å². The first-order chi connectivity index (χ1) is 11.5. The summed E-state index contributed by atoms with van der Waals surface area (Å²) in [7, 11) is 0. The molecule has 1 saturated heterocycles. The van der Waals surface area contributed by atoms with Crippen LogP contribution in [0.1, 0.15) is 15.9 Å². The maximum absolute atomic E-state index is 13.2. The first-order valence-electron chi connectivity index (χ1n) is 7.81. The zero-order valence-corrected chi connectivity index (χ0v) is 13.2. The zero-order chi connectivity index (χ0) is 17.1. The molecule has 24 heavy (non-hydrogen) atoms. The monoisotopic (exact) mass is 330 g/mol. The summed E-state index contributed by atoms with van der Waals surface area (Å²) in [6, 6.07) is 10.7. The van der Waals surface area contributed by atoms with Crippen LogP contribution in [0.25, 0.3) is 0 Å². The van der Waals surface area contributed by atoms with Crippen molar-refractivity contribution in [3.05, 3.63) is 59.4 Å². The topological polar surface area (TPSA) is 64.0 Å². The van der Waals surface area contributed by atoms with E-state index in [1.807, 2.05) is 6.07 Å². The molecule has 1 aliphatic rings. The third-order valence-electron chi connectivity index (χ3n) is 4.19. The number of hydrogen-bond acceptors (Lipinski definition) is 4. The van der Waals surface area contributed by atoms with E-state index >= 15 is 0 Å². The van der Waals surface area contributed by atoms with Crippen molar-refractivity contribution in [2.75, 3.05) is 26.2 Å². The minimum Gasteiger partial charge on any atom is -0.507 e. The number of carbonyl (C=O) groups excluding carboxylic acids is 1. The third kappa shape index (κ3) is 3.49. The molecule has 0 unspecified atom stereocenters. The number of carbonyl (C=O) groups is 1. The number of piperazine rings is 1. The van der Waals surface area contributed by atoms with Crippen LogP contribution in [0.2, 0.25) is 0 Å². The second-order valence-electron chi connectivity index (χ2n) is 5.87. The summed E-state index contributed by atoms with van der Waals surface area (Å²) < 4.78 is 13.2. The Labute approximate surface area is 139 Å². The molecule has 1 aliphatic heterocycles. The molecular formula is C18H19FN2O3. The molecule has 5 nitrogen and oxygen atoms in total. The van der Waals surface area contributed by atoms with Crippen molar-refractivity contribution in [3.8, 4) is 11.5 Å². The fraction of sp³-hybridized carbons (Fsp3) is 0.278. The summed E-state index contributed by atoms with van der Waals surface area (Å²) >= 11 is 0. The van der Waals surface area contributed by atoms with Gasteiger partial charge in [-0.3, -0.25) is 9.69 Å². The van der Waals surface area contributed by atoms with Crippen LogP contribution in [-0.4, -0.2) is 52.1 Å². The SMILES string of the molecule is O=C(c1c(O)cccc1O)N1CCN(Cc2cccc(F)c2)CC1. The van der Waals surface area contributed by atoms with Gasteiger partial charge in [0.25, 0.3) is 5.91 Å². The summed E-state index contributed by atoms with van der Waals surface area (Å²) in [4.78, 5) is 16.2. The Morgan fingerprint density at radius 2 is 1.62 bits per heavy atom. The van der Waals surface area contributed by atoms with Crippen LogP contribution >= 0.6 is 0 Å². The molecule has 1 fully saturated rings. The van der Waals surface area contributed by atoms with Gasteiger partial charge in [-0.25, -0.2) is 4.39 Å². The summed E-state index contributed by atoms with van der Waals surface area (Å²) in [6.07, 6.45) is 0. The van der Waals surface area contributed by atoms with Crippen molar-refractivity contribution in [2.24, 2.45) is 0 Å². The second-order valence-corrected chi connectivity index (χ2v) is 5.87. The van der Waals surface area contributed by atoms with Crippen molar-refractivity contribution >= 4 is 5.91 Å². The highest BCUT2D eigenvalue weighted by molar-refractivity contribution is 5.99. The van der Waals surface area contributed by atoms with Gasteiger partial charge in [-0.1, -0.05) is 18.2 Å². The molecule has 0 bridgehead atoms. The van der Waals surface area contributed by atoms with Gasteiger partial charge in [-0.2, -0.15) is 0 Å². The van der Waals surface area contributed by atoms with Crippen molar-refractivity contribution in [1.29, 1.82) is 0 Å². The van der Waals surface area contributed by atoms with Crippen LogP contribution in [0.15, 0.2) is 42.5 Å². The molecule has 2 N–H and O–H groups in total. The van der Waals surface area contributed by atoms with E-state index in [-0.39, 0.29) is 28.8 Å². The number of aromatic hydroxyl groups is 2. The lowest BCUT2D eigenvalue weighted by atomic mass is 10.1. The highest BCUT2D eigenvalue weighted by Crippen LogP contribution is 2.28. The maximum Gasteiger partial charge on any atom is 0.261 e. The Balaban J connectivity index is 1.62. The molecule has 2 aromatic carbocycles. The smallest absolute Gasteiger partial charge is 0.261 e. The Hall–Kier alpha value is -2.60. The molecule has 1 amide bonds. The van der Waals surface area contributed by atoms with E-state index in [1.165, 1.54) is 30.3 Å². The zero-order valence-electron chi connectivity index (χ0n) is 13.2. The first-order valence-corrected chi connectivity index (χ1v) is 7.81. The van der Waals surface area contributed by atoms with Crippen LogP contribution in [0.4, 0.5) is 4.39 Å². The molecule has 3 rings (SSSR count). The Kier molecular flexibility index (Phi) is 4.66. The summed E-state index contributed by atoms with van der Waals surface area (Å²) in [5, 5.41) is 19.6. The van der Waals surface area contributed by atoms with E-state index in [4.69, 9.17) is 0 Å². The van der Waals surface area contributed by atoms with Gasteiger partial charge in [-0.15, -0.1) is 0 Å². The normalized spacial score (nSPS) is 15.5. The Morgan fingerprint density at radius 1 is 1.00 bits per heavy atom. The molecule has 1 heterocycles. The molecule has 0 spiro atoms. The number of phenolic OH excluding ortho intramolecular Hbond substituents is 2. The Morgan fingerprint density at radius 3 is 2.25 bits per heavy atom. The molecular weight excluding hydrogens is 311 g/mol. The molecule has 0 aliphatic carbocycles. The molecule has 0 saturated carbocycles. The number of benzene rings is 2. The van der Waals surface area contributed by atoms with Gasteiger partial charge >= 0.3 is 0 Å². The fourth-order valence-corrected chi connectivity index (χ4v) is 2.91. The van der Waals surface area contributed by atoms with E-state index < -0.39 is 0 Å². The quantitative estimate of drug-likeness (QED) is 0.905. The van der Waals surface area contributed by atoms with Crippen LogP contribution < -0.4 is 0 Å². The third-order valence-corrected chi connectivity index (χ3v) is 4.19. The van der Waals surface area contributed by atoms with Crippen LogP contribution in [0.3, 0.4) is 0 Å². The van der Waals surface area contributed by atoms with Gasteiger partial charge in [0.15, 0.2) is 0 Å². The molecule has 2 aromatic rings. The van der Waals surface area contributed by atoms with Gasteiger partial charge in [0.1, 0.15) is 22.9 Å². The van der Waals surface area contributed by atoms with Crippen LogP contribution in [0, 0.1) is 5.82 Å². The van der Waals surface area contributed by atoms with Gasteiger partial charge < -0.3 is 15.1 Å². The number of halogens is 1. The van der Waals surface area contributed by atoms with Crippen LogP contribution in [0.5, 0.6) is 11.5 Å². The lowest BCUT2D eigenvalue weighted by Gasteiger charge is -2.35. The molecule has 126 valence electrons. The average Bonchev–Trinajstić information content (AvgIpc) is 2.55. The van der Waals surface area contributed by atoms with Crippen molar-refractivity contribution in [3.63, 3.8) is 0 Å². The minimum atomic E-state index is -0.379. The second kappa shape index (κ2) is 6.88. The van der Waals surface area contributed by atoms with E-state index in [9.17, 15) is 19.4 Å². The minimum absolute atomic E-state index is 0.0592. The van der Waals surface area contributed by atoms with Gasteiger partial charge in [0.2, 0.25) is 0 Å². The standard InChI is InChI=1S/C18H19FN2O3/c19-14-4-1-3-13(11-14)12-20-7-9-21(10-8-20)18(24)17-15(22)5-2-6-16(17)23/h1-6,11,22-23H,7-10,12H2. The fourth-order valence-electron chi connectivity index (χ4n) is 2.91. The molecule has 6 heteroatoms. The Bertz CT molecular complexity index is 723. The number of rotatable bonds is 3. The number of nitrogens with zero attached hydrogens (tertiary/aromatic N) is 2. The highest BCUT2D eigenvalue weighted by Gasteiger charge is 2.26. The van der Waals surface area contributed by atoms with Crippen molar-refractivity contribution < 1.29 is 19.4 Å². The predicted molar refractivity (Wildman–Crippen MR) is 87.4 cm³/mol. The predicted octanol–water partition coefficient (Wildman–Crippen LogP) is 2.19. The van der Waals surface area contributed by atoms with E-state index in [1.54, 1.807) is 11.0 Å². The van der Waals surface area contributed by atoms with E-state index in [0.29, 0.717) is 32.7 Å². The molecule has 0 aromatic heterocycles. The largest absolute Gasteiger partial charge is 0.507 e. The maximum atomic E-state index is 13.2. The first kappa shape index (κ1) is 16.3. The summed E-state index contributed by atoms with van der Waals surface area (Å²) in [5.41, 5.74) is 0.837. The summed E-state index contributed by atoms with van der Waals surface area (Å²) in [6.45, 7) is 2.90. The van der Waals surface area contributed by atoms with Gasteiger partial charge in [0.05, 0.1) is 0 Å². The lowest BCUT2D eigenvalue weighted by Crippen LogP contribution is -2.48. The van der Waals surface area contributed by atoms with Crippen molar-refractivity contribution in [1.82, 2.24) is 9.80 Å². The number of phenols is 2. The van der Waals surface area contributed by atoms with Crippen LogP contribution in [-0.2, 0) is 6.54 Å².